The number of hydrogen-bond donors (Lipinski definition) is 1. The molecule has 1 amide bonds. The van der Waals surface area contributed by atoms with Crippen molar-refractivity contribution in [2.24, 2.45) is 0 Å². The number of aryl methyl sites for hydroxylation is 2. The molecule has 0 saturated heterocycles. The van der Waals surface area contributed by atoms with Gasteiger partial charge >= 0.3 is 0 Å². The molecule has 1 N–H and O–H groups in total. The lowest BCUT2D eigenvalue weighted by Crippen LogP contribution is -2.20. The lowest BCUT2D eigenvalue weighted by molar-refractivity contribution is -0.118. The van der Waals surface area contributed by atoms with Crippen LogP contribution < -0.4 is 10.1 Å². The molecule has 7 heteroatoms. The molecule has 0 aliphatic carbocycles. The first-order valence-electron chi connectivity index (χ1n) is 8.61. The van der Waals surface area contributed by atoms with E-state index in [1.165, 1.54) is 11.8 Å². The Morgan fingerprint density at radius 2 is 1.96 bits per heavy atom. The number of aromatic nitrogens is 3. The SMILES string of the molecule is CNC(=O)CSc1nnc(COc2ccccc2C)n1-c1cccc(C)c1. The van der Waals surface area contributed by atoms with E-state index in [0.29, 0.717) is 11.0 Å². The Morgan fingerprint density at radius 3 is 2.70 bits per heavy atom. The number of rotatable bonds is 7. The van der Waals surface area contributed by atoms with Crippen LogP contribution in [-0.4, -0.2) is 33.5 Å². The maximum atomic E-state index is 11.6. The second-order valence-corrected chi connectivity index (χ2v) is 7.03. The molecular formula is C20H22N4O2S. The first-order chi connectivity index (χ1) is 13.1. The van der Waals surface area contributed by atoms with Gasteiger partial charge in [-0.25, -0.2) is 0 Å². The lowest BCUT2D eigenvalue weighted by Gasteiger charge is -2.12. The minimum atomic E-state index is -0.0588. The zero-order valence-corrected chi connectivity index (χ0v) is 16.4. The van der Waals surface area contributed by atoms with Crippen LogP contribution >= 0.6 is 11.8 Å². The van der Waals surface area contributed by atoms with E-state index in [1.54, 1.807) is 7.05 Å². The molecule has 0 aliphatic heterocycles. The molecule has 2 aromatic carbocycles. The number of thioether (sulfide) groups is 1. The largest absolute Gasteiger partial charge is 0.485 e. The van der Waals surface area contributed by atoms with E-state index in [-0.39, 0.29) is 18.3 Å². The average molecular weight is 382 g/mol. The van der Waals surface area contributed by atoms with Crippen LogP contribution in [0.4, 0.5) is 0 Å². The van der Waals surface area contributed by atoms with Gasteiger partial charge in [0.05, 0.1) is 5.75 Å². The number of nitrogens with one attached hydrogen (secondary N) is 1. The van der Waals surface area contributed by atoms with Crippen molar-refractivity contribution in [2.45, 2.75) is 25.6 Å². The highest BCUT2D eigenvalue weighted by Gasteiger charge is 2.16. The monoisotopic (exact) mass is 382 g/mol. The van der Waals surface area contributed by atoms with E-state index < -0.39 is 0 Å². The van der Waals surface area contributed by atoms with E-state index in [4.69, 9.17) is 4.74 Å². The first-order valence-corrected chi connectivity index (χ1v) is 9.60. The second-order valence-electron chi connectivity index (χ2n) is 6.09. The van der Waals surface area contributed by atoms with Crippen molar-refractivity contribution in [2.75, 3.05) is 12.8 Å². The number of para-hydroxylation sites is 1. The van der Waals surface area contributed by atoms with Gasteiger partial charge in [-0.3, -0.25) is 9.36 Å². The Morgan fingerprint density at radius 1 is 1.15 bits per heavy atom. The third kappa shape index (κ3) is 4.68. The maximum absolute atomic E-state index is 11.6. The quantitative estimate of drug-likeness (QED) is 0.635. The summed E-state index contributed by atoms with van der Waals surface area (Å²) < 4.78 is 7.91. The molecule has 0 fully saturated rings. The molecule has 140 valence electrons. The summed E-state index contributed by atoms with van der Waals surface area (Å²) in [6.45, 7) is 4.33. The van der Waals surface area contributed by atoms with Crippen molar-refractivity contribution in [1.82, 2.24) is 20.1 Å². The zero-order valence-electron chi connectivity index (χ0n) is 15.6. The normalized spacial score (nSPS) is 10.6. The molecule has 0 aliphatic rings. The zero-order chi connectivity index (χ0) is 19.2. The average Bonchev–Trinajstić information content (AvgIpc) is 3.08. The predicted molar refractivity (Wildman–Crippen MR) is 106 cm³/mol. The fourth-order valence-corrected chi connectivity index (χ4v) is 3.42. The molecule has 0 saturated carbocycles. The fraction of sp³-hybridized carbons (Fsp3) is 0.250. The lowest BCUT2D eigenvalue weighted by atomic mass is 10.2. The highest BCUT2D eigenvalue weighted by atomic mass is 32.2. The Labute approximate surface area is 163 Å². The highest BCUT2D eigenvalue weighted by molar-refractivity contribution is 7.99. The van der Waals surface area contributed by atoms with Gasteiger partial charge in [0.15, 0.2) is 11.0 Å². The third-order valence-electron chi connectivity index (χ3n) is 4.02. The van der Waals surface area contributed by atoms with E-state index in [9.17, 15) is 4.79 Å². The molecule has 27 heavy (non-hydrogen) atoms. The summed E-state index contributed by atoms with van der Waals surface area (Å²) in [4.78, 5) is 11.6. The van der Waals surface area contributed by atoms with Gasteiger partial charge in [0.2, 0.25) is 5.91 Å². The molecule has 0 spiro atoms. The molecule has 3 rings (SSSR count). The van der Waals surface area contributed by atoms with Crippen molar-refractivity contribution in [3.05, 3.63) is 65.5 Å². The third-order valence-corrected chi connectivity index (χ3v) is 4.95. The Kier molecular flexibility index (Phi) is 6.13. The molecule has 1 aromatic heterocycles. The van der Waals surface area contributed by atoms with E-state index >= 15 is 0 Å². The van der Waals surface area contributed by atoms with Crippen LogP contribution in [0.3, 0.4) is 0 Å². The summed E-state index contributed by atoms with van der Waals surface area (Å²) in [7, 11) is 1.62. The van der Waals surface area contributed by atoms with Crippen LogP contribution in [0.15, 0.2) is 53.7 Å². The van der Waals surface area contributed by atoms with Gasteiger partial charge in [0, 0.05) is 12.7 Å². The molecule has 0 unspecified atom stereocenters. The Balaban J connectivity index is 1.89. The van der Waals surface area contributed by atoms with Crippen molar-refractivity contribution >= 4 is 17.7 Å². The minimum Gasteiger partial charge on any atom is -0.485 e. The number of hydrogen-bond acceptors (Lipinski definition) is 5. The van der Waals surface area contributed by atoms with Gasteiger partial charge in [0.25, 0.3) is 0 Å². The van der Waals surface area contributed by atoms with Gasteiger partial charge in [-0.05, 0) is 43.2 Å². The predicted octanol–water partition coefficient (Wildman–Crippen LogP) is 3.30. The number of ether oxygens (including phenoxy) is 1. The smallest absolute Gasteiger partial charge is 0.230 e. The summed E-state index contributed by atoms with van der Waals surface area (Å²) in [5, 5.41) is 11.9. The number of carbonyl (C=O) groups is 1. The Hall–Kier alpha value is -2.80. The molecule has 0 radical (unpaired) electrons. The van der Waals surface area contributed by atoms with Crippen LogP contribution in [0.2, 0.25) is 0 Å². The van der Waals surface area contributed by atoms with E-state index in [2.05, 4.69) is 21.6 Å². The standard InChI is InChI=1S/C20H22N4O2S/c1-14-7-6-9-16(11-14)24-18(12-26-17-10-5-4-8-15(17)2)22-23-20(24)27-13-19(25)21-3/h4-11H,12-13H2,1-3H3,(H,21,25). The van der Waals surface area contributed by atoms with Gasteiger partial charge in [-0.15, -0.1) is 10.2 Å². The van der Waals surface area contributed by atoms with E-state index in [0.717, 1.165) is 22.6 Å². The Bertz CT molecular complexity index is 939. The number of nitrogens with zero attached hydrogens (tertiary/aromatic N) is 3. The molecule has 0 atom stereocenters. The molecule has 1 heterocycles. The summed E-state index contributed by atoms with van der Waals surface area (Å²) >= 11 is 1.35. The van der Waals surface area contributed by atoms with Crippen LogP contribution in [0.25, 0.3) is 5.69 Å². The summed E-state index contributed by atoms with van der Waals surface area (Å²) in [6.07, 6.45) is 0. The van der Waals surface area contributed by atoms with Crippen molar-refractivity contribution in [1.29, 1.82) is 0 Å². The number of benzene rings is 2. The van der Waals surface area contributed by atoms with Gasteiger partial charge < -0.3 is 10.1 Å². The van der Waals surface area contributed by atoms with Crippen molar-refractivity contribution in [3.63, 3.8) is 0 Å². The fourth-order valence-electron chi connectivity index (χ4n) is 2.58. The molecule has 6 nitrogen and oxygen atoms in total. The summed E-state index contributed by atoms with van der Waals surface area (Å²) in [5.41, 5.74) is 3.14. The maximum Gasteiger partial charge on any atom is 0.230 e. The molecule has 3 aromatic rings. The van der Waals surface area contributed by atoms with Crippen LogP contribution in [0, 0.1) is 13.8 Å². The van der Waals surface area contributed by atoms with Crippen LogP contribution in [0.5, 0.6) is 5.75 Å². The molecular weight excluding hydrogens is 360 g/mol. The second kappa shape index (κ2) is 8.73. The van der Waals surface area contributed by atoms with Crippen molar-refractivity contribution < 1.29 is 9.53 Å². The summed E-state index contributed by atoms with van der Waals surface area (Å²) in [6, 6.07) is 15.9. The minimum absolute atomic E-state index is 0.0588. The topological polar surface area (TPSA) is 69.0 Å². The number of carbonyl (C=O) groups excluding carboxylic acids is 1. The van der Waals surface area contributed by atoms with Crippen molar-refractivity contribution in [3.8, 4) is 11.4 Å². The van der Waals surface area contributed by atoms with Gasteiger partial charge in [-0.2, -0.15) is 0 Å². The number of amides is 1. The summed E-state index contributed by atoms with van der Waals surface area (Å²) in [5.74, 6) is 1.72. The first kappa shape index (κ1) is 19.0. The van der Waals surface area contributed by atoms with Crippen LogP contribution in [0.1, 0.15) is 17.0 Å². The van der Waals surface area contributed by atoms with Gasteiger partial charge in [0.1, 0.15) is 12.4 Å². The van der Waals surface area contributed by atoms with Gasteiger partial charge in [-0.1, -0.05) is 42.1 Å². The van der Waals surface area contributed by atoms with Crippen LogP contribution in [-0.2, 0) is 11.4 Å². The van der Waals surface area contributed by atoms with E-state index in [1.807, 2.05) is 60.9 Å². The highest BCUT2D eigenvalue weighted by Crippen LogP contribution is 2.24. The molecule has 0 bridgehead atoms.